The molecule has 1 unspecified atom stereocenters. The Morgan fingerprint density at radius 1 is 1.27 bits per heavy atom. The van der Waals surface area contributed by atoms with Crippen LogP contribution in [0.4, 0.5) is 8.78 Å². The van der Waals surface area contributed by atoms with Gasteiger partial charge in [-0.25, -0.2) is 23.7 Å². The van der Waals surface area contributed by atoms with Gasteiger partial charge in [0.1, 0.15) is 5.69 Å². The van der Waals surface area contributed by atoms with Gasteiger partial charge in [-0.3, -0.25) is 4.79 Å². The lowest BCUT2D eigenvalue weighted by Gasteiger charge is -2.35. The van der Waals surface area contributed by atoms with Crippen LogP contribution in [0.2, 0.25) is 5.28 Å². The molecule has 0 aliphatic carbocycles. The molecular formula is C20H18ClF2N5O2. The van der Waals surface area contributed by atoms with Crippen molar-refractivity contribution in [3.05, 3.63) is 64.5 Å². The van der Waals surface area contributed by atoms with E-state index in [2.05, 4.69) is 15.0 Å². The summed E-state index contributed by atoms with van der Waals surface area (Å²) in [6, 6.07) is 3.28. The van der Waals surface area contributed by atoms with E-state index in [1.54, 1.807) is 29.0 Å². The molecule has 1 amide bonds. The number of rotatable bonds is 5. The fourth-order valence-corrected chi connectivity index (χ4v) is 3.64. The van der Waals surface area contributed by atoms with Crippen LogP contribution in [0.15, 0.2) is 30.6 Å². The van der Waals surface area contributed by atoms with Crippen molar-refractivity contribution in [3.63, 3.8) is 0 Å². The van der Waals surface area contributed by atoms with Gasteiger partial charge in [-0.15, -0.1) is 0 Å². The first-order chi connectivity index (χ1) is 14.4. The monoisotopic (exact) mass is 433 g/mol. The predicted octanol–water partition coefficient (Wildman–Crippen LogP) is 3.25. The van der Waals surface area contributed by atoms with Crippen LogP contribution in [-0.2, 0) is 17.8 Å². The summed E-state index contributed by atoms with van der Waals surface area (Å²) in [5.74, 6) is -2.00. The molecule has 4 rings (SSSR count). The van der Waals surface area contributed by atoms with Crippen LogP contribution in [0.5, 0.6) is 0 Å². The maximum absolute atomic E-state index is 13.6. The van der Waals surface area contributed by atoms with Gasteiger partial charge in [-0.1, -0.05) is 6.07 Å². The number of ether oxygens (including phenoxy) is 1. The summed E-state index contributed by atoms with van der Waals surface area (Å²) in [4.78, 5) is 27.4. The highest BCUT2D eigenvalue weighted by Gasteiger charge is 2.34. The lowest BCUT2D eigenvalue weighted by molar-refractivity contribution is 0.0379. The van der Waals surface area contributed by atoms with E-state index < -0.39 is 11.6 Å². The summed E-state index contributed by atoms with van der Waals surface area (Å²) in [5, 5.41) is 0.0881. The SMILES string of the molecule is COCC1Cn2cc(-c3nc(Cl)ncc3C)nc2C(=O)N1Cc1ccc(F)c(F)c1. The number of hydrogen-bond donors (Lipinski definition) is 0. The van der Waals surface area contributed by atoms with E-state index in [-0.39, 0.29) is 36.2 Å². The Bertz CT molecular complexity index is 1120. The van der Waals surface area contributed by atoms with Crippen LogP contribution in [0.25, 0.3) is 11.4 Å². The van der Waals surface area contributed by atoms with E-state index in [1.165, 1.54) is 6.07 Å². The number of halogens is 3. The third-order valence-electron chi connectivity index (χ3n) is 4.96. The molecule has 10 heteroatoms. The van der Waals surface area contributed by atoms with E-state index in [4.69, 9.17) is 16.3 Å². The second kappa shape index (κ2) is 8.08. The average molecular weight is 434 g/mol. The molecule has 0 bridgehead atoms. The molecule has 3 heterocycles. The smallest absolute Gasteiger partial charge is 0.290 e. The molecule has 1 aliphatic heterocycles. The minimum atomic E-state index is -0.958. The fraction of sp³-hybridized carbons (Fsp3) is 0.300. The number of benzene rings is 1. The minimum Gasteiger partial charge on any atom is -0.382 e. The van der Waals surface area contributed by atoms with Gasteiger partial charge in [0.25, 0.3) is 5.91 Å². The first kappa shape index (κ1) is 20.4. The summed E-state index contributed by atoms with van der Waals surface area (Å²) in [7, 11) is 1.54. The van der Waals surface area contributed by atoms with E-state index in [0.717, 1.165) is 17.7 Å². The molecule has 0 saturated carbocycles. The molecule has 1 aliphatic rings. The van der Waals surface area contributed by atoms with Gasteiger partial charge in [-0.05, 0) is 41.8 Å². The summed E-state index contributed by atoms with van der Waals surface area (Å²) < 4.78 is 33.9. The van der Waals surface area contributed by atoms with Crippen molar-refractivity contribution < 1.29 is 18.3 Å². The van der Waals surface area contributed by atoms with E-state index >= 15 is 0 Å². The summed E-state index contributed by atoms with van der Waals surface area (Å²) in [6.07, 6.45) is 3.34. The highest BCUT2D eigenvalue weighted by atomic mass is 35.5. The van der Waals surface area contributed by atoms with E-state index in [1.807, 2.05) is 6.92 Å². The Balaban J connectivity index is 1.69. The van der Waals surface area contributed by atoms with Gasteiger partial charge in [0.2, 0.25) is 5.28 Å². The standard InChI is InChI=1S/C20H18ClF2N5O2/c1-11-6-24-20(21)26-17(11)16-9-27-8-13(10-30-2)28(19(29)18(27)25-16)7-12-3-4-14(22)15(23)5-12/h3-6,9,13H,7-8,10H2,1-2H3. The molecule has 0 fully saturated rings. The molecule has 0 radical (unpaired) electrons. The number of aryl methyl sites for hydroxylation is 1. The van der Waals surface area contributed by atoms with Gasteiger partial charge < -0.3 is 14.2 Å². The highest BCUT2D eigenvalue weighted by Crippen LogP contribution is 2.26. The lowest BCUT2D eigenvalue weighted by Crippen LogP contribution is -2.49. The van der Waals surface area contributed by atoms with Crippen molar-refractivity contribution in [2.24, 2.45) is 0 Å². The Morgan fingerprint density at radius 3 is 2.80 bits per heavy atom. The average Bonchev–Trinajstić information content (AvgIpc) is 3.14. The largest absolute Gasteiger partial charge is 0.382 e. The van der Waals surface area contributed by atoms with Crippen LogP contribution in [0.3, 0.4) is 0 Å². The Hall–Kier alpha value is -2.91. The number of carbonyl (C=O) groups excluding carboxylic acids is 1. The molecule has 7 nitrogen and oxygen atoms in total. The molecular weight excluding hydrogens is 416 g/mol. The minimum absolute atomic E-state index is 0.0881. The molecule has 0 spiro atoms. The second-order valence-corrected chi connectivity index (χ2v) is 7.40. The maximum Gasteiger partial charge on any atom is 0.290 e. The number of aromatic nitrogens is 4. The molecule has 30 heavy (non-hydrogen) atoms. The van der Waals surface area contributed by atoms with Crippen LogP contribution in [0.1, 0.15) is 21.7 Å². The highest BCUT2D eigenvalue weighted by molar-refractivity contribution is 6.28. The van der Waals surface area contributed by atoms with Gasteiger partial charge in [0.05, 0.1) is 18.3 Å². The first-order valence-corrected chi connectivity index (χ1v) is 9.55. The molecule has 1 aromatic carbocycles. The number of methoxy groups -OCH3 is 1. The van der Waals surface area contributed by atoms with Crippen molar-refractivity contribution in [3.8, 4) is 11.4 Å². The Kier molecular flexibility index (Phi) is 5.48. The number of imidazole rings is 1. The summed E-state index contributed by atoms with van der Waals surface area (Å²) in [5.41, 5.74) is 2.29. The zero-order valence-corrected chi connectivity index (χ0v) is 17.0. The van der Waals surface area contributed by atoms with Crippen molar-refractivity contribution in [2.45, 2.75) is 26.1 Å². The van der Waals surface area contributed by atoms with Crippen molar-refractivity contribution in [2.75, 3.05) is 13.7 Å². The normalized spacial score (nSPS) is 16.1. The Morgan fingerprint density at radius 2 is 2.07 bits per heavy atom. The molecule has 1 atom stereocenters. The maximum atomic E-state index is 13.6. The van der Waals surface area contributed by atoms with Crippen LogP contribution in [0, 0.1) is 18.6 Å². The summed E-state index contributed by atoms with van der Waals surface area (Å²) in [6.45, 7) is 2.64. The van der Waals surface area contributed by atoms with Crippen molar-refractivity contribution in [1.29, 1.82) is 0 Å². The fourth-order valence-electron chi connectivity index (χ4n) is 3.51. The molecule has 0 N–H and O–H groups in total. The van der Waals surface area contributed by atoms with Gasteiger partial charge in [0, 0.05) is 32.6 Å². The summed E-state index contributed by atoms with van der Waals surface area (Å²) >= 11 is 5.92. The Labute approximate surface area is 176 Å². The number of carbonyl (C=O) groups is 1. The zero-order valence-electron chi connectivity index (χ0n) is 16.3. The topological polar surface area (TPSA) is 73.1 Å². The van der Waals surface area contributed by atoms with E-state index in [0.29, 0.717) is 23.5 Å². The van der Waals surface area contributed by atoms with Gasteiger partial charge in [-0.2, -0.15) is 0 Å². The van der Waals surface area contributed by atoms with Crippen LogP contribution < -0.4 is 0 Å². The van der Waals surface area contributed by atoms with Crippen LogP contribution in [-0.4, -0.2) is 50.1 Å². The number of amides is 1. The quantitative estimate of drug-likeness (QED) is 0.577. The van der Waals surface area contributed by atoms with Crippen molar-refractivity contribution >= 4 is 17.5 Å². The van der Waals surface area contributed by atoms with Crippen LogP contribution >= 0.6 is 11.6 Å². The van der Waals surface area contributed by atoms with Gasteiger partial charge >= 0.3 is 0 Å². The molecule has 3 aromatic rings. The van der Waals surface area contributed by atoms with Gasteiger partial charge in [0.15, 0.2) is 17.5 Å². The van der Waals surface area contributed by atoms with Crippen molar-refractivity contribution in [1.82, 2.24) is 24.4 Å². The number of fused-ring (bicyclic) bond motifs is 1. The van der Waals surface area contributed by atoms with E-state index in [9.17, 15) is 13.6 Å². The molecule has 0 saturated heterocycles. The lowest BCUT2D eigenvalue weighted by atomic mass is 10.1. The molecule has 156 valence electrons. The number of hydrogen-bond acceptors (Lipinski definition) is 5. The number of nitrogens with zero attached hydrogens (tertiary/aromatic N) is 5. The third-order valence-corrected chi connectivity index (χ3v) is 5.14. The second-order valence-electron chi connectivity index (χ2n) is 7.06. The molecule has 2 aromatic heterocycles. The third kappa shape index (κ3) is 3.78. The predicted molar refractivity (Wildman–Crippen MR) is 105 cm³/mol. The zero-order chi connectivity index (χ0) is 21.4. The first-order valence-electron chi connectivity index (χ1n) is 9.18.